The van der Waals surface area contributed by atoms with Crippen LogP contribution in [0.3, 0.4) is 0 Å². The number of fused-ring (bicyclic) bond motifs is 1. The van der Waals surface area contributed by atoms with E-state index in [4.69, 9.17) is 0 Å². The summed E-state index contributed by atoms with van der Waals surface area (Å²) in [7, 11) is 1.52. The quantitative estimate of drug-likeness (QED) is 0.695. The van der Waals surface area contributed by atoms with Crippen LogP contribution in [-0.2, 0) is 9.59 Å². The molecule has 2 aliphatic heterocycles. The number of hydrogen-bond acceptors (Lipinski definition) is 5. The largest absolute Gasteiger partial charge is 0.477 e. The second-order valence-electron chi connectivity index (χ2n) is 5.66. The van der Waals surface area contributed by atoms with Crippen LogP contribution in [0.25, 0.3) is 5.57 Å². The van der Waals surface area contributed by atoms with Crippen molar-refractivity contribution in [2.45, 2.75) is 25.5 Å². The second kappa shape index (κ2) is 5.47. The normalized spacial score (nSPS) is 24.3. The van der Waals surface area contributed by atoms with E-state index in [0.717, 1.165) is 0 Å². The fraction of sp³-hybridized carbons (Fsp3) is 0.400. The average molecular weight is 336 g/mol. The van der Waals surface area contributed by atoms with Gasteiger partial charge in [0.25, 0.3) is 5.91 Å². The standard InChI is InChI=1S/C15H16N2O5S/c1-6(18)11-9-4-8(12(15(21)22)17(9)14(11)20)7-3-10(23-5-7)13(19)16-2/h3,5-6,9,11,18H,4H2,1-2H3,(H,16,19)(H,21,22)/t6-,9-,11-/m1/s1. The number of carboxylic acids is 1. The van der Waals surface area contributed by atoms with Gasteiger partial charge in [-0.05, 0) is 35.9 Å². The van der Waals surface area contributed by atoms with Crippen LogP contribution >= 0.6 is 11.3 Å². The highest BCUT2D eigenvalue weighted by Crippen LogP contribution is 2.47. The lowest BCUT2D eigenvalue weighted by Gasteiger charge is -2.44. The van der Waals surface area contributed by atoms with Crippen molar-refractivity contribution in [3.8, 4) is 0 Å². The monoisotopic (exact) mass is 336 g/mol. The lowest BCUT2D eigenvalue weighted by molar-refractivity contribution is -0.161. The number of carbonyl (C=O) groups is 3. The molecule has 0 spiro atoms. The lowest BCUT2D eigenvalue weighted by Crippen LogP contribution is -2.61. The fourth-order valence-corrected chi connectivity index (χ4v) is 4.13. The highest BCUT2D eigenvalue weighted by molar-refractivity contribution is 7.12. The Bertz CT molecular complexity index is 736. The zero-order chi connectivity index (χ0) is 16.9. The highest BCUT2D eigenvalue weighted by atomic mass is 32.1. The van der Waals surface area contributed by atoms with E-state index in [1.807, 2.05) is 0 Å². The van der Waals surface area contributed by atoms with Gasteiger partial charge in [0, 0.05) is 7.05 Å². The molecule has 0 bridgehead atoms. The maximum absolute atomic E-state index is 12.1. The van der Waals surface area contributed by atoms with Crippen LogP contribution < -0.4 is 5.32 Å². The van der Waals surface area contributed by atoms with Crippen molar-refractivity contribution >= 4 is 34.7 Å². The third-order valence-corrected chi connectivity index (χ3v) is 5.26. The van der Waals surface area contributed by atoms with Crippen molar-refractivity contribution in [2.24, 2.45) is 5.92 Å². The fourth-order valence-electron chi connectivity index (χ4n) is 3.26. The van der Waals surface area contributed by atoms with Crippen LogP contribution in [0.1, 0.15) is 28.6 Å². The van der Waals surface area contributed by atoms with E-state index in [0.29, 0.717) is 22.4 Å². The van der Waals surface area contributed by atoms with Gasteiger partial charge in [0.2, 0.25) is 5.91 Å². The van der Waals surface area contributed by atoms with Gasteiger partial charge in [-0.3, -0.25) is 9.59 Å². The summed E-state index contributed by atoms with van der Waals surface area (Å²) in [6.07, 6.45) is -0.450. The van der Waals surface area contributed by atoms with Gasteiger partial charge in [0.15, 0.2) is 0 Å². The Kier molecular flexibility index (Phi) is 3.73. The summed E-state index contributed by atoms with van der Waals surface area (Å²) < 4.78 is 0. The number of aliphatic hydroxyl groups excluding tert-OH is 1. The van der Waals surface area contributed by atoms with Crippen LogP contribution in [0.5, 0.6) is 0 Å². The molecular formula is C15H16N2O5S. The number of thiophene rings is 1. The van der Waals surface area contributed by atoms with Crippen LogP contribution in [0, 0.1) is 5.92 Å². The van der Waals surface area contributed by atoms with Crippen molar-refractivity contribution < 1.29 is 24.6 Å². The molecule has 0 saturated carbocycles. The predicted molar refractivity (Wildman–Crippen MR) is 82.7 cm³/mol. The van der Waals surface area contributed by atoms with Gasteiger partial charge in [-0.25, -0.2) is 4.79 Å². The molecule has 0 radical (unpaired) electrons. The molecular weight excluding hydrogens is 320 g/mol. The molecule has 8 heteroatoms. The SMILES string of the molecule is CNC(=O)c1cc(C2=C(C(=O)O)N3C(=O)[C@H]([C@@H](C)O)[C@H]3C2)cs1. The molecule has 3 rings (SSSR count). The third-order valence-electron chi connectivity index (χ3n) is 4.33. The number of β-lactam (4-membered cyclic amide) rings is 1. The van der Waals surface area contributed by atoms with E-state index in [1.165, 1.54) is 30.2 Å². The van der Waals surface area contributed by atoms with Crippen molar-refractivity contribution in [3.63, 3.8) is 0 Å². The summed E-state index contributed by atoms with van der Waals surface area (Å²) in [6, 6.07) is 1.31. The van der Waals surface area contributed by atoms with E-state index >= 15 is 0 Å². The topological polar surface area (TPSA) is 107 Å². The van der Waals surface area contributed by atoms with Gasteiger partial charge in [-0.2, -0.15) is 0 Å². The van der Waals surface area contributed by atoms with E-state index in [-0.39, 0.29) is 23.6 Å². The zero-order valence-electron chi connectivity index (χ0n) is 12.6. The summed E-state index contributed by atoms with van der Waals surface area (Å²) in [5.41, 5.74) is 1.13. The number of rotatable bonds is 4. The second-order valence-corrected chi connectivity index (χ2v) is 6.57. The molecule has 1 saturated heterocycles. The average Bonchev–Trinajstić information content (AvgIpc) is 3.08. The first kappa shape index (κ1) is 15.7. The van der Waals surface area contributed by atoms with Gasteiger partial charge in [0.1, 0.15) is 5.70 Å². The summed E-state index contributed by atoms with van der Waals surface area (Å²) in [4.78, 5) is 37.1. The minimum Gasteiger partial charge on any atom is -0.477 e. The van der Waals surface area contributed by atoms with Crippen molar-refractivity contribution in [1.29, 1.82) is 0 Å². The molecule has 23 heavy (non-hydrogen) atoms. The summed E-state index contributed by atoms with van der Waals surface area (Å²) in [5.74, 6) is -2.34. The van der Waals surface area contributed by atoms with Crippen LogP contribution in [0.2, 0.25) is 0 Å². The third kappa shape index (κ3) is 2.25. The first-order chi connectivity index (χ1) is 10.9. The Hall–Kier alpha value is -2.19. The number of amides is 2. The Morgan fingerprint density at radius 3 is 2.74 bits per heavy atom. The van der Waals surface area contributed by atoms with Crippen molar-refractivity contribution in [1.82, 2.24) is 10.2 Å². The maximum atomic E-state index is 12.1. The maximum Gasteiger partial charge on any atom is 0.352 e. The molecule has 3 N–H and O–H groups in total. The number of carbonyl (C=O) groups excluding carboxylic acids is 2. The summed E-state index contributed by atoms with van der Waals surface area (Å²) in [5, 5.41) is 23.4. The molecule has 0 aliphatic carbocycles. The van der Waals surface area contributed by atoms with Crippen LogP contribution in [0.4, 0.5) is 0 Å². The number of aliphatic carboxylic acids is 1. The molecule has 0 aromatic carbocycles. The molecule has 2 amide bonds. The Labute approximate surface area is 136 Å². The molecule has 122 valence electrons. The molecule has 1 fully saturated rings. The Morgan fingerprint density at radius 1 is 1.48 bits per heavy atom. The number of nitrogens with zero attached hydrogens (tertiary/aromatic N) is 1. The number of carboxylic acid groups (broad SMARTS) is 1. The number of hydrogen-bond donors (Lipinski definition) is 3. The first-order valence-electron chi connectivity index (χ1n) is 7.15. The van der Waals surface area contributed by atoms with Gasteiger partial charge >= 0.3 is 5.97 Å². The molecule has 3 heterocycles. The number of aliphatic hydroxyl groups is 1. The van der Waals surface area contributed by atoms with Gasteiger partial charge in [0.05, 0.1) is 22.9 Å². The minimum atomic E-state index is -1.17. The van der Waals surface area contributed by atoms with Gasteiger partial charge < -0.3 is 20.4 Å². The van der Waals surface area contributed by atoms with Gasteiger partial charge in [-0.15, -0.1) is 11.3 Å². The summed E-state index contributed by atoms with van der Waals surface area (Å²) >= 11 is 1.22. The van der Waals surface area contributed by atoms with Crippen LogP contribution in [-0.4, -0.2) is 52.1 Å². The predicted octanol–water partition coefficient (Wildman–Crippen LogP) is 0.515. The molecule has 2 aliphatic rings. The highest BCUT2D eigenvalue weighted by Gasteiger charge is 2.56. The Balaban J connectivity index is 1.98. The molecule has 0 unspecified atom stereocenters. The molecule has 3 atom stereocenters. The first-order valence-corrected chi connectivity index (χ1v) is 8.03. The van der Waals surface area contributed by atoms with E-state index < -0.39 is 18.0 Å². The number of nitrogens with one attached hydrogen (secondary N) is 1. The van der Waals surface area contributed by atoms with Gasteiger partial charge in [-0.1, -0.05) is 0 Å². The van der Waals surface area contributed by atoms with Crippen molar-refractivity contribution in [3.05, 3.63) is 27.6 Å². The summed E-state index contributed by atoms with van der Waals surface area (Å²) in [6.45, 7) is 1.53. The lowest BCUT2D eigenvalue weighted by atomic mass is 9.82. The van der Waals surface area contributed by atoms with Crippen LogP contribution in [0.15, 0.2) is 17.1 Å². The minimum absolute atomic E-state index is 0.0434. The molecule has 7 nitrogen and oxygen atoms in total. The smallest absolute Gasteiger partial charge is 0.352 e. The zero-order valence-corrected chi connectivity index (χ0v) is 13.4. The molecule has 1 aromatic heterocycles. The molecule has 1 aromatic rings. The van der Waals surface area contributed by atoms with E-state index in [1.54, 1.807) is 11.4 Å². The van der Waals surface area contributed by atoms with E-state index in [9.17, 15) is 24.6 Å². The Morgan fingerprint density at radius 2 is 2.17 bits per heavy atom. The van der Waals surface area contributed by atoms with E-state index in [2.05, 4.69) is 5.32 Å². The van der Waals surface area contributed by atoms with Crippen molar-refractivity contribution in [2.75, 3.05) is 7.05 Å².